The number of alkyl halides is 2. The molecule has 1 atom stereocenters. The topological polar surface area (TPSA) is 38.5 Å². The summed E-state index contributed by atoms with van der Waals surface area (Å²) in [6.07, 6.45) is 2.27. The summed E-state index contributed by atoms with van der Waals surface area (Å²) in [5, 5.41) is 0. The Morgan fingerprint density at radius 3 is 2.89 bits per heavy atom. The molecule has 0 radical (unpaired) electrons. The van der Waals surface area contributed by atoms with Crippen molar-refractivity contribution >= 4 is 0 Å². The Hall–Kier alpha value is -1.20. The molecule has 0 bridgehead atoms. The van der Waals surface area contributed by atoms with Crippen molar-refractivity contribution in [3.63, 3.8) is 0 Å². The van der Waals surface area contributed by atoms with Crippen LogP contribution in [0.3, 0.4) is 0 Å². The molecular weight excluding hydrogens is 250 g/mol. The molecule has 2 rings (SSSR count). The summed E-state index contributed by atoms with van der Waals surface area (Å²) in [5.41, 5.74) is 6.51. The monoisotopic (exact) mass is 270 g/mol. The summed E-state index contributed by atoms with van der Waals surface area (Å²) in [7, 11) is 0. The Balaban J connectivity index is 2.01. The van der Waals surface area contributed by atoms with Gasteiger partial charge in [-0.1, -0.05) is 18.2 Å². The van der Waals surface area contributed by atoms with Gasteiger partial charge in [0.05, 0.1) is 0 Å². The summed E-state index contributed by atoms with van der Waals surface area (Å²) >= 11 is 0. The minimum Gasteiger partial charge on any atom is -0.434 e. The lowest BCUT2D eigenvalue weighted by atomic mass is 9.98. The van der Waals surface area contributed by atoms with E-state index in [4.69, 9.17) is 5.73 Å². The number of hydrogen-bond acceptors (Lipinski definition) is 3. The molecule has 106 valence electrons. The Morgan fingerprint density at radius 2 is 2.16 bits per heavy atom. The van der Waals surface area contributed by atoms with E-state index >= 15 is 0 Å². The zero-order valence-electron chi connectivity index (χ0n) is 10.9. The molecule has 3 nitrogen and oxygen atoms in total. The molecule has 1 unspecified atom stereocenters. The van der Waals surface area contributed by atoms with Gasteiger partial charge in [0.1, 0.15) is 5.75 Å². The minimum absolute atomic E-state index is 0.271. The molecule has 1 heterocycles. The number of para-hydroxylation sites is 1. The Bertz CT molecular complexity index is 401. The summed E-state index contributed by atoms with van der Waals surface area (Å²) in [6, 6.07) is 6.98. The first-order chi connectivity index (χ1) is 9.19. The van der Waals surface area contributed by atoms with Crippen LogP contribution in [-0.2, 0) is 6.54 Å². The molecule has 19 heavy (non-hydrogen) atoms. The molecule has 0 aliphatic carbocycles. The van der Waals surface area contributed by atoms with Crippen LogP contribution in [0.25, 0.3) is 0 Å². The van der Waals surface area contributed by atoms with Gasteiger partial charge in [0, 0.05) is 18.7 Å². The van der Waals surface area contributed by atoms with Crippen molar-refractivity contribution in [1.29, 1.82) is 0 Å². The van der Waals surface area contributed by atoms with Crippen LogP contribution in [-0.4, -0.2) is 31.1 Å². The van der Waals surface area contributed by atoms with Gasteiger partial charge in [-0.15, -0.1) is 0 Å². The van der Waals surface area contributed by atoms with Crippen LogP contribution in [0.5, 0.6) is 5.75 Å². The molecular formula is C14H20F2N2O. The predicted molar refractivity (Wildman–Crippen MR) is 70.1 cm³/mol. The van der Waals surface area contributed by atoms with Crippen molar-refractivity contribution in [2.24, 2.45) is 11.7 Å². The summed E-state index contributed by atoms with van der Waals surface area (Å²) in [5.74, 6) is 0.782. The molecule has 2 N–H and O–H groups in total. The second-order valence-electron chi connectivity index (χ2n) is 4.97. The third kappa shape index (κ3) is 4.14. The first-order valence-electron chi connectivity index (χ1n) is 6.64. The number of likely N-dealkylation sites (tertiary alicyclic amines) is 1. The number of rotatable bonds is 5. The zero-order chi connectivity index (χ0) is 13.7. The van der Waals surface area contributed by atoms with Crippen LogP contribution < -0.4 is 10.5 Å². The van der Waals surface area contributed by atoms with E-state index in [0.717, 1.165) is 31.5 Å². The SMILES string of the molecule is NCC1CCCN(Cc2ccccc2OC(F)F)C1. The minimum atomic E-state index is -2.78. The standard InChI is InChI=1S/C14H20F2N2O/c15-14(16)19-13-6-2-1-5-12(13)10-18-7-3-4-11(8-17)9-18/h1-2,5-6,11,14H,3-4,7-10,17H2. The van der Waals surface area contributed by atoms with Gasteiger partial charge in [-0.05, 0) is 37.9 Å². The van der Waals surface area contributed by atoms with Crippen LogP contribution in [0.4, 0.5) is 8.78 Å². The first kappa shape index (κ1) is 14.2. The normalized spacial score (nSPS) is 20.7. The lowest BCUT2D eigenvalue weighted by Gasteiger charge is -2.32. The van der Waals surface area contributed by atoms with Gasteiger partial charge < -0.3 is 10.5 Å². The molecule has 1 saturated heterocycles. The van der Waals surface area contributed by atoms with E-state index in [0.29, 0.717) is 19.0 Å². The molecule has 0 saturated carbocycles. The predicted octanol–water partition coefficient (Wildman–Crippen LogP) is 2.46. The molecule has 0 amide bonds. The lowest BCUT2D eigenvalue weighted by molar-refractivity contribution is -0.0508. The average molecular weight is 270 g/mol. The second-order valence-corrected chi connectivity index (χ2v) is 4.97. The number of nitrogens with zero attached hydrogens (tertiary/aromatic N) is 1. The van der Waals surface area contributed by atoms with Gasteiger partial charge in [-0.2, -0.15) is 8.78 Å². The third-order valence-corrected chi connectivity index (χ3v) is 3.52. The molecule has 0 aromatic heterocycles. The summed E-state index contributed by atoms with van der Waals surface area (Å²) in [4.78, 5) is 2.26. The van der Waals surface area contributed by atoms with Crippen molar-refractivity contribution in [2.75, 3.05) is 19.6 Å². The van der Waals surface area contributed by atoms with Gasteiger partial charge >= 0.3 is 6.61 Å². The second kappa shape index (κ2) is 6.82. The summed E-state index contributed by atoms with van der Waals surface area (Å²) in [6.45, 7) is 0.462. The number of piperidine rings is 1. The maximum Gasteiger partial charge on any atom is 0.387 e. The van der Waals surface area contributed by atoms with E-state index in [2.05, 4.69) is 9.64 Å². The Kier molecular flexibility index (Phi) is 5.10. The quantitative estimate of drug-likeness (QED) is 0.893. The number of hydrogen-bond donors (Lipinski definition) is 1. The number of ether oxygens (including phenoxy) is 1. The van der Waals surface area contributed by atoms with E-state index in [1.165, 1.54) is 0 Å². The van der Waals surface area contributed by atoms with Gasteiger partial charge in [0.15, 0.2) is 0 Å². The third-order valence-electron chi connectivity index (χ3n) is 3.52. The average Bonchev–Trinajstić information content (AvgIpc) is 2.41. The summed E-state index contributed by atoms with van der Waals surface area (Å²) < 4.78 is 29.2. The fraction of sp³-hybridized carbons (Fsp3) is 0.571. The molecule has 1 aromatic carbocycles. The molecule has 1 aromatic rings. The fourth-order valence-corrected chi connectivity index (χ4v) is 2.57. The van der Waals surface area contributed by atoms with E-state index in [1.807, 2.05) is 12.1 Å². The molecule has 1 aliphatic heterocycles. The smallest absolute Gasteiger partial charge is 0.387 e. The van der Waals surface area contributed by atoms with E-state index in [-0.39, 0.29) is 5.75 Å². The number of halogens is 2. The van der Waals surface area contributed by atoms with E-state index < -0.39 is 6.61 Å². The highest BCUT2D eigenvalue weighted by atomic mass is 19.3. The van der Waals surface area contributed by atoms with Gasteiger partial charge in [0.2, 0.25) is 0 Å². The van der Waals surface area contributed by atoms with Crippen molar-refractivity contribution in [3.05, 3.63) is 29.8 Å². The van der Waals surface area contributed by atoms with Crippen LogP contribution >= 0.6 is 0 Å². The molecule has 5 heteroatoms. The highest BCUT2D eigenvalue weighted by Crippen LogP contribution is 2.24. The largest absolute Gasteiger partial charge is 0.434 e. The lowest BCUT2D eigenvalue weighted by Crippen LogP contribution is -2.37. The van der Waals surface area contributed by atoms with Crippen LogP contribution in [0.15, 0.2) is 24.3 Å². The van der Waals surface area contributed by atoms with Crippen molar-refractivity contribution < 1.29 is 13.5 Å². The first-order valence-corrected chi connectivity index (χ1v) is 6.64. The zero-order valence-corrected chi connectivity index (χ0v) is 10.9. The number of nitrogens with two attached hydrogens (primary N) is 1. The van der Waals surface area contributed by atoms with Crippen molar-refractivity contribution in [2.45, 2.75) is 26.0 Å². The van der Waals surface area contributed by atoms with Gasteiger partial charge in [-0.3, -0.25) is 4.90 Å². The maximum absolute atomic E-state index is 12.3. The Labute approximate surface area is 112 Å². The van der Waals surface area contributed by atoms with Gasteiger partial charge in [0.25, 0.3) is 0 Å². The van der Waals surface area contributed by atoms with E-state index in [9.17, 15) is 8.78 Å². The highest BCUT2D eigenvalue weighted by molar-refractivity contribution is 5.33. The van der Waals surface area contributed by atoms with Crippen molar-refractivity contribution in [1.82, 2.24) is 4.90 Å². The molecule has 1 aliphatic rings. The van der Waals surface area contributed by atoms with Crippen LogP contribution in [0.1, 0.15) is 18.4 Å². The number of benzene rings is 1. The van der Waals surface area contributed by atoms with Crippen molar-refractivity contribution in [3.8, 4) is 5.75 Å². The Morgan fingerprint density at radius 1 is 1.37 bits per heavy atom. The molecule has 0 spiro atoms. The van der Waals surface area contributed by atoms with Crippen LogP contribution in [0.2, 0.25) is 0 Å². The fourth-order valence-electron chi connectivity index (χ4n) is 2.57. The van der Waals surface area contributed by atoms with E-state index in [1.54, 1.807) is 12.1 Å². The maximum atomic E-state index is 12.3. The van der Waals surface area contributed by atoms with Gasteiger partial charge in [-0.25, -0.2) is 0 Å². The highest BCUT2D eigenvalue weighted by Gasteiger charge is 2.20. The van der Waals surface area contributed by atoms with Crippen LogP contribution in [0, 0.1) is 5.92 Å². The molecule has 1 fully saturated rings.